The van der Waals surface area contributed by atoms with E-state index in [0.717, 1.165) is 24.0 Å². The van der Waals surface area contributed by atoms with Gasteiger partial charge in [0, 0.05) is 33.4 Å². The van der Waals surface area contributed by atoms with Crippen molar-refractivity contribution in [1.29, 1.82) is 0 Å². The third-order valence-electron chi connectivity index (χ3n) is 4.24. The third-order valence-corrected chi connectivity index (χ3v) is 4.24. The van der Waals surface area contributed by atoms with E-state index in [1.165, 1.54) is 16.8 Å². The summed E-state index contributed by atoms with van der Waals surface area (Å²) in [6.45, 7) is 4.05. The maximum absolute atomic E-state index is 5.71. The number of ether oxygens (including phenoxy) is 2. The summed E-state index contributed by atoms with van der Waals surface area (Å²) in [6, 6.07) is 14.0. The Balaban J connectivity index is 1.75. The second kappa shape index (κ2) is 10.3. The Morgan fingerprint density at radius 3 is 2.33 bits per heavy atom. The lowest BCUT2D eigenvalue weighted by Gasteiger charge is -2.16. The first kappa shape index (κ1) is 20.4. The van der Waals surface area contributed by atoms with Crippen molar-refractivity contribution in [3.05, 3.63) is 53.6 Å². The lowest BCUT2D eigenvalue weighted by molar-refractivity contribution is 0.321. The second-order valence-electron chi connectivity index (χ2n) is 6.38. The minimum Gasteiger partial charge on any atom is -0.497 e. The first-order chi connectivity index (χ1) is 13.0. The Morgan fingerprint density at radius 1 is 1.04 bits per heavy atom. The molecule has 2 aromatic carbocycles. The number of aryl methyl sites for hydroxylation is 1. The Morgan fingerprint density at radius 2 is 1.74 bits per heavy atom. The van der Waals surface area contributed by atoms with Gasteiger partial charge in [0.15, 0.2) is 5.96 Å². The monoisotopic (exact) mass is 370 g/mol. The van der Waals surface area contributed by atoms with E-state index in [1.54, 1.807) is 14.2 Å². The number of benzene rings is 2. The number of guanidine groups is 1. The molecular weight excluding hydrogens is 340 g/mol. The minimum atomic E-state index is 0.545. The molecule has 0 heterocycles. The van der Waals surface area contributed by atoms with Crippen molar-refractivity contribution in [2.45, 2.75) is 13.5 Å². The molecule has 2 rings (SSSR count). The average molecular weight is 370 g/mol. The maximum Gasteiger partial charge on any atom is 0.191 e. The topological polar surface area (TPSA) is 58.1 Å². The Labute approximate surface area is 162 Å². The highest BCUT2D eigenvalue weighted by Crippen LogP contribution is 2.17. The molecule has 2 N–H and O–H groups in total. The summed E-state index contributed by atoms with van der Waals surface area (Å²) < 4.78 is 10.8. The lowest BCUT2D eigenvalue weighted by Crippen LogP contribution is -2.39. The number of hydrogen-bond donors (Lipinski definition) is 2. The molecule has 0 spiro atoms. The van der Waals surface area contributed by atoms with Gasteiger partial charge in [-0.1, -0.05) is 6.07 Å². The summed E-state index contributed by atoms with van der Waals surface area (Å²) in [5.74, 6) is 2.39. The van der Waals surface area contributed by atoms with E-state index in [9.17, 15) is 0 Å². The number of hydrogen-bond acceptors (Lipinski definition) is 4. The third kappa shape index (κ3) is 6.40. The molecule has 6 nitrogen and oxygen atoms in total. The molecule has 0 aliphatic heterocycles. The molecule has 0 amide bonds. The average Bonchev–Trinajstić information content (AvgIpc) is 2.68. The van der Waals surface area contributed by atoms with Gasteiger partial charge in [0.25, 0.3) is 0 Å². The lowest BCUT2D eigenvalue weighted by atomic mass is 10.1. The molecule has 0 bridgehead atoms. The molecule has 27 heavy (non-hydrogen) atoms. The van der Waals surface area contributed by atoms with Crippen LogP contribution in [0, 0.1) is 6.92 Å². The fourth-order valence-corrected chi connectivity index (χ4v) is 2.57. The highest BCUT2D eigenvalue weighted by molar-refractivity contribution is 5.79. The molecule has 0 saturated carbocycles. The first-order valence-corrected chi connectivity index (χ1v) is 9.01. The van der Waals surface area contributed by atoms with Crippen LogP contribution >= 0.6 is 0 Å². The van der Waals surface area contributed by atoms with Crippen LogP contribution in [-0.4, -0.2) is 47.4 Å². The summed E-state index contributed by atoms with van der Waals surface area (Å²) in [6.07, 6.45) is 0. The van der Waals surface area contributed by atoms with Crippen molar-refractivity contribution in [1.82, 2.24) is 10.6 Å². The van der Waals surface area contributed by atoms with Crippen molar-refractivity contribution < 1.29 is 9.47 Å². The second-order valence-corrected chi connectivity index (χ2v) is 6.38. The van der Waals surface area contributed by atoms with E-state index in [0.29, 0.717) is 13.2 Å². The van der Waals surface area contributed by atoms with E-state index in [-0.39, 0.29) is 0 Å². The normalized spacial score (nSPS) is 11.1. The van der Waals surface area contributed by atoms with Crippen LogP contribution in [0.2, 0.25) is 0 Å². The zero-order valence-corrected chi connectivity index (χ0v) is 16.9. The van der Waals surface area contributed by atoms with Crippen molar-refractivity contribution >= 4 is 11.6 Å². The van der Waals surface area contributed by atoms with Crippen molar-refractivity contribution in [3.8, 4) is 11.5 Å². The van der Waals surface area contributed by atoms with Gasteiger partial charge in [-0.05, 0) is 54.4 Å². The van der Waals surface area contributed by atoms with Crippen LogP contribution < -0.4 is 25.0 Å². The fraction of sp³-hybridized carbons (Fsp3) is 0.381. The van der Waals surface area contributed by atoms with E-state index >= 15 is 0 Å². The Kier molecular flexibility index (Phi) is 7.79. The molecule has 6 heteroatoms. The number of aliphatic imine (C=N–C) groups is 1. The summed E-state index contributed by atoms with van der Waals surface area (Å²) in [4.78, 5) is 6.36. The van der Waals surface area contributed by atoms with Crippen LogP contribution in [-0.2, 0) is 6.54 Å². The van der Waals surface area contributed by atoms with Crippen LogP contribution in [0.3, 0.4) is 0 Å². The Hall–Kier alpha value is -2.89. The van der Waals surface area contributed by atoms with Crippen LogP contribution in [0.15, 0.2) is 47.5 Å². The summed E-state index contributed by atoms with van der Waals surface area (Å²) in [5.41, 5.74) is 3.71. The van der Waals surface area contributed by atoms with Gasteiger partial charge >= 0.3 is 0 Å². The standard InChI is InChI=1S/C21H30N4O2/c1-16-14-18(25(3)4)7-6-17(16)15-24-21(22-2)23-12-13-27-20-10-8-19(26-5)9-11-20/h6-11,14H,12-13,15H2,1-5H3,(H2,22,23,24). The molecule has 0 saturated heterocycles. The molecule has 0 aliphatic rings. The highest BCUT2D eigenvalue weighted by atomic mass is 16.5. The van der Waals surface area contributed by atoms with Crippen molar-refractivity contribution in [2.24, 2.45) is 4.99 Å². The van der Waals surface area contributed by atoms with E-state index in [1.807, 2.05) is 38.4 Å². The number of nitrogens with one attached hydrogen (secondary N) is 2. The molecule has 0 unspecified atom stereocenters. The van der Waals surface area contributed by atoms with Gasteiger partial charge in [0.2, 0.25) is 0 Å². The molecule has 146 valence electrons. The molecule has 0 atom stereocenters. The zero-order chi connectivity index (χ0) is 19.6. The molecule has 0 radical (unpaired) electrons. The van der Waals surface area contributed by atoms with Gasteiger partial charge in [-0.2, -0.15) is 0 Å². The van der Waals surface area contributed by atoms with Gasteiger partial charge in [-0.25, -0.2) is 0 Å². The number of nitrogens with zero attached hydrogens (tertiary/aromatic N) is 2. The van der Waals surface area contributed by atoms with E-state index < -0.39 is 0 Å². The van der Waals surface area contributed by atoms with Crippen molar-refractivity contribution in [3.63, 3.8) is 0 Å². The molecule has 2 aromatic rings. The zero-order valence-electron chi connectivity index (χ0n) is 16.9. The number of rotatable bonds is 8. The number of methoxy groups -OCH3 is 1. The van der Waals surface area contributed by atoms with Crippen LogP contribution in [0.5, 0.6) is 11.5 Å². The molecule has 0 aliphatic carbocycles. The molecule has 0 fully saturated rings. The fourth-order valence-electron chi connectivity index (χ4n) is 2.57. The molecular formula is C21H30N4O2. The summed E-state index contributed by atoms with van der Waals surface area (Å²) in [5, 5.41) is 6.60. The van der Waals surface area contributed by atoms with Gasteiger partial charge < -0.3 is 25.0 Å². The Bertz CT molecular complexity index is 742. The highest BCUT2D eigenvalue weighted by Gasteiger charge is 2.04. The minimum absolute atomic E-state index is 0.545. The van der Waals surface area contributed by atoms with E-state index in [4.69, 9.17) is 9.47 Å². The van der Waals surface area contributed by atoms with E-state index in [2.05, 4.69) is 45.6 Å². The number of anilines is 1. The van der Waals surface area contributed by atoms with Gasteiger partial charge in [0.1, 0.15) is 18.1 Å². The SMILES string of the molecule is CN=C(NCCOc1ccc(OC)cc1)NCc1ccc(N(C)C)cc1C. The maximum atomic E-state index is 5.71. The van der Waals surface area contributed by atoms with Gasteiger partial charge in [-0.3, -0.25) is 4.99 Å². The largest absolute Gasteiger partial charge is 0.497 e. The van der Waals surface area contributed by atoms with Gasteiger partial charge in [-0.15, -0.1) is 0 Å². The summed E-state index contributed by atoms with van der Waals surface area (Å²) in [7, 11) is 7.51. The van der Waals surface area contributed by atoms with Crippen LogP contribution in [0.4, 0.5) is 5.69 Å². The predicted molar refractivity (Wildman–Crippen MR) is 112 cm³/mol. The summed E-state index contributed by atoms with van der Waals surface area (Å²) >= 11 is 0. The van der Waals surface area contributed by atoms with Crippen LogP contribution in [0.25, 0.3) is 0 Å². The van der Waals surface area contributed by atoms with Gasteiger partial charge in [0.05, 0.1) is 13.7 Å². The first-order valence-electron chi connectivity index (χ1n) is 9.01. The quantitative estimate of drug-likeness (QED) is 0.425. The molecule has 0 aromatic heterocycles. The van der Waals surface area contributed by atoms with Crippen LogP contribution in [0.1, 0.15) is 11.1 Å². The van der Waals surface area contributed by atoms with Crippen molar-refractivity contribution in [2.75, 3.05) is 46.3 Å². The predicted octanol–water partition coefficient (Wildman–Crippen LogP) is 2.81. The smallest absolute Gasteiger partial charge is 0.191 e.